The van der Waals surface area contributed by atoms with E-state index in [4.69, 9.17) is 0 Å². The van der Waals surface area contributed by atoms with Gasteiger partial charge in [0.05, 0.1) is 11.0 Å². The smallest absolute Gasteiger partial charge is 0.243 e. The molecule has 1 aromatic rings. The van der Waals surface area contributed by atoms with Crippen LogP contribution in [0.3, 0.4) is 0 Å². The molecule has 0 aliphatic carbocycles. The van der Waals surface area contributed by atoms with Gasteiger partial charge in [0.2, 0.25) is 10.0 Å². The minimum absolute atomic E-state index is 0.00990. The molecule has 2 atom stereocenters. The Hall–Kier alpha value is -1.05. The molecule has 19 heavy (non-hydrogen) atoms. The lowest BCUT2D eigenvalue weighted by Crippen LogP contribution is -2.45. The van der Waals surface area contributed by atoms with Crippen LogP contribution >= 0.6 is 0 Å². The Morgan fingerprint density at radius 2 is 1.84 bits per heavy atom. The van der Waals surface area contributed by atoms with Gasteiger partial charge in [-0.05, 0) is 24.5 Å². The van der Waals surface area contributed by atoms with Gasteiger partial charge in [-0.25, -0.2) is 17.2 Å². The molecule has 1 saturated heterocycles. The van der Waals surface area contributed by atoms with E-state index in [2.05, 4.69) is 0 Å². The van der Waals surface area contributed by atoms with E-state index < -0.39 is 32.7 Å². The summed E-state index contributed by atoms with van der Waals surface area (Å²) in [7, 11) is -3.97. The number of rotatable bonds is 2. The molecule has 1 heterocycles. The summed E-state index contributed by atoms with van der Waals surface area (Å²) in [5.74, 6) is -1.87. The Morgan fingerprint density at radius 3 is 2.37 bits per heavy atom. The molecule has 0 aromatic heterocycles. The first-order valence-corrected chi connectivity index (χ1v) is 7.39. The fraction of sp³-hybridized carbons (Fsp3) is 0.500. The van der Waals surface area contributed by atoms with Crippen molar-refractivity contribution in [1.82, 2.24) is 4.31 Å². The fourth-order valence-corrected chi connectivity index (χ4v) is 3.58. The second-order valence-electron chi connectivity index (χ2n) is 4.80. The number of hydrogen-bond acceptors (Lipinski definition) is 3. The standard InChI is InChI=1S/C12H15F2NO3S/c1-8-2-3-15(7-12(8)16)19(17,18)11-5-9(13)4-10(14)6-11/h4-6,8,12,16H,2-3,7H2,1H3. The van der Waals surface area contributed by atoms with Crippen LogP contribution < -0.4 is 0 Å². The zero-order valence-corrected chi connectivity index (χ0v) is 11.2. The molecule has 0 saturated carbocycles. The van der Waals surface area contributed by atoms with Crippen LogP contribution in [0.1, 0.15) is 13.3 Å². The third kappa shape index (κ3) is 2.93. The molecule has 2 unspecified atom stereocenters. The van der Waals surface area contributed by atoms with Gasteiger partial charge in [-0.15, -0.1) is 0 Å². The monoisotopic (exact) mass is 291 g/mol. The molecule has 7 heteroatoms. The molecule has 0 bridgehead atoms. The van der Waals surface area contributed by atoms with Gasteiger partial charge in [-0.1, -0.05) is 6.92 Å². The topological polar surface area (TPSA) is 57.6 Å². The Bertz CT molecular complexity index is 556. The molecule has 4 nitrogen and oxygen atoms in total. The predicted molar refractivity (Wildman–Crippen MR) is 64.9 cm³/mol. The third-order valence-electron chi connectivity index (χ3n) is 3.36. The second kappa shape index (κ2) is 5.15. The number of hydrogen-bond donors (Lipinski definition) is 1. The highest BCUT2D eigenvalue weighted by Crippen LogP contribution is 2.24. The quantitative estimate of drug-likeness (QED) is 0.895. The molecular weight excluding hydrogens is 276 g/mol. The van der Waals surface area contributed by atoms with E-state index in [0.717, 1.165) is 16.4 Å². The van der Waals surface area contributed by atoms with Crippen LogP contribution in [0.25, 0.3) is 0 Å². The zero-order chi connectivity index (χ0) is 14.2. The molecule has 1 N–H and O–H groups in total. The number of halogens is 2. The summed E-state index contributed by atoms with van der Waals surface area (Å²) < 4.78 is 51.7. The Labute approximate surface area is 110 Å². The van der Waals surface area contributed by atoms with Gasteiger partial charge in [0.15, 0.2) is 0 Å². The van der Waals surface area contributed by atoms with Crippen molar-refractivity contribution in [3.05, 3.63) is 29.8 Å². The number of aliphatic hydroxyl groups excluding tert-OH is 1. The van der Waals surface area contributed by atoms with Gasteiger partial charge in [-0.2, -0.15) is 4.31 Å². The lowest BCUT2D eigenvalue weighted by Gasteiger charge is -2.33. The number of sulfonamides is 1. The lowest BCUT2D eigenvalue weighted by molar-refractivity contribution is 0.0605. The van der Waals surface area contributed by atoms with Crippen LogP contribution in [0, 0.1) is 17.6 Å². The predicted octanol–water partition coefficient (Wildman–Crippen LogP) is 1.36. The summed E-state index contributed by atoms with van der Waals surface area (Å²) in [6.07, 6.45) is -0.250. The number of benzene rings is 1. The van der Waals surface area contributed by atoms with Gasteiger partial charge in [0.25, 0.3) is 0 Å². The first-order valence-electron chi connectivity index (χ1n) is 5.95. The van der Waals surface area contributed by atoms with Gasteiger partial charge >= 0.3 is 0 Å². The molecule has 0 radical (unpaired) electrons. The zero-order valence-electron chi connectivity index (χ0n) is 10.4. The number of piperidine rings is 1. The molecule has 1 fully saturated rings. The average molecular weight is 291 g/mol. The SMILES string of the molecule is CC1CCN(S(=O)(=O)c2cc(F)cc(F)c2)CC1O. The summed E-state index contributed by atoms with van der Waals surface area (Å²) in [5, 5.41) is 9.71. The van der Waals surface area contributed by atoms with E-state index in [1.807, 2.05) is 6.92 Å². The largest absolute Gasteiger partial charge is 0.391 e. The van der Waals surface area contributed by atoms with Crippen LogP contribution in [-0.4, -0.2) is 37.0 Å². The average Bonchev–Trinajstić information content (AvgIpc) is 2.31. The lowest BCUT2D eigenvalue weighted by atomic mass is 9.98. The first kappa shape index (κ1) is 14.4. The summed E-state index contributed by atoms with van der Waals surface area (Å²) in [5.41, 5.74) is 0. The summed E-state index contributed by atoms with van der Waals surface area (Å²) in [4.78, 5) is -0.424. The van der Waals surface area contributed by atoms with Crippen molar-refractivity contribution in [2.75, 3.05) is 13.1 Å². The van der Waals surface area contributed by atoms with Crippen LogP contribution in [0.2, 0.25) is 0 Å². The summed E-state index contributed by atoms with van der Waals surface area (Å²) in [6, 6.07) is 2.18. The van der Waals surface area contributed by atoms with Crippen LogP contribution in [-0.2, 0) is 10.0 Å². The summed E-state index contributed by atoms with van der Waals surface area (Å²) in [6.45, 7) is 2.01. The second-order valence-corrected chi connectivity index (χ2v) is 6.74. The van der Waals surface area contributed by atoms with Crippen molar-refractivity contribution < 1.29 is 22.3 Å². The normalized spacial score (nSPS) is 25.5. The maximum atomic E-state index is 13.1. The molecule has 1 aliphatic rings. The maximum absolute atomic E-state index is 13.1. The molecule has 0 amide bonds. The number of nitrogens with zero attached hydrogens (tertiary/aromatic N) is 1. The highest BCUT2D eigenvalue weighted by Gasteiger charge is 2.33. The molecule has 106 valence electrons. The number of β-amino-alcohol motifs (C(OH)–C–C–N with tert-alkyl or cyclic N) is 1. The highest BCUT2D eigenvalue weighted by molar-refractivity contribution is 7.89. The van der Waals surface area contributed by atoms with Crippen molar-refractivity contribution in [3.8, 4) is 0 Å². The van der Waals surface area contributed by atoms with Crippen molar-refractivity contribution in [3.63, 3.8) is 0 Å². The van der Waals surface area contributed by atoms with Gasteiger partial charge in [0.1, 0.15) is 11.6 Å². The van der Waals surface area contributed by atoms with Crippen molar-refractivity contribution >= 4 is 10.0 Å². The van der Waals surface area contributed by atoms with Crippen molar-refractivity contribution in [1.29, 1.82) is 0 Å². The number of aliphatic hydroxyl groups is 1. The molecule has 1 aromatic carbocycles. The van der Waals surface area contributed by atoms with Crippen molar-refractivity contribution in [2.24, 2.45) is 5.92 Å². The molecule has 1 aliphatic heterocycles. The van der Waals surface area contributed by atoms with E-state index in [1.54, 1.807) is 0 Å². The minimum Gasteiger partial charge on any atom is -0.391 e. The summed E-state index contributed by atoms with van der Waals surface area (Å²) >= 11 is 0. The van der Waals surface area contributed by atoms with E-state index in [-0.39, 0.29) is 19.0 Å². The van der Waals surface area contributed by atoms with Gasteiger partial charge in [-0.3, -0.25) is 0 Å². The van der Waals surface area contributed by atoms with Crippen LogP contribution in [0.15, 0.2) is 23.1 Å². The van der Waals surface area contributed by atoms with Crippen LogP contribution in [0.5, 0.6) is 0 Å². The molecular formula is C12H15F2NO3S. The van der Waals surface area contributed by atoms with Crippen molar-refractivity contribution in [2.45, 2.75) is 24.3 Å². The van der Waals surface area contributed by atoms with Crippen LogP contribution in [0.4, 0.5) is 8.78 Å². The maximum Gasteiger partial charge on any atom is 0.243 e. The minimum atomic E-state index is -3.97. The molecule has 0 spiro atoms. The van der Waals surface area contributed by atoms with E-state index in [9.17, 15) is 22.3 Å². The van der Waals surface area contributed by atoms with Gasteiger partial charge < -0.3 is 5.11 Å². The third-order valence-corrected chi connectivity index (χ3v) is 5.20. The van der Waals surface area contributed by atoms with Gasteiger partial charge in [0, 0.05) is 19.2 Å². The fourth-order valence-electron chi connectivity index (χ4n) is 2.06. The Balaban J connectivity index is 2.32. The Kier molecular flexibility index (Phi) is 3.89. The Morgan fingerprint density at radius 1 is 1.26 bits per heavy atom. The van der Waals surface area contributed by atoms with E-state index in [0.29, 0.717) is 12.5 Å². The van der Waals surface area contributed by atoms with E-state index >= 15 is 0 Å². The molecule has 2 rings (SSSR count). The van der Waals surface area contributed by atoms with E-state index in [1.165, 1.54) is 0 Å². The highest BCUT2D eigenvalue weighted by atomic mass is 32.2. The first-order chi connectivity index (χ1) is 8.80.